The van der Waals surface area contributed by atoms with Gasteiger partial charge in [0, 0.05) is 19.3 Å². The highest BCUT2D eigenvalue weighted by atomic mass is 16.6. The van der Waals surface area contributed by atoms with E-state index in [1.54, 1.807) is 0 Å². The van der Waals surface area contributed by atoms with Crippen LogP contribution in [-0.2, 0) is 28.6 Å². The average molecular weight is 1020 g/mol. The van der Waals surface area contributed by atoms with Crippen LogP contribution >= 0.6 is 0 Å². The molecule has 0 aromatic heterocycles. The zero-order valence-corrected chi connectivity index (χ0v) is 48.4. The van der Waals surface area contributed by atoms with Gasteiger partial charge in [-0.05, 0) is 89.9 Å². The molecule has 0 amide bonds. The zero-order chi connectivity index (χ0) is 52.9. The fourth-order valence-corrected chi connectivity index (χ4v) is 9.00. The molecule has 0 aliphatic carbocycles. The highest BCUT2D eigenvalue weighted by molar-refractivity contribution is 5.71. The quantitative estimate of drug-likeness (QED) is 0.0261. The van der Waals surface area contributed by atoms with Gasteiger partial charge in [-0.25, -0.2) is 0 Å². The minimum Gasteiger partial charge on any atom is -0.462 e. The maximum Gasteiger partial charge on any atom is 0.306 e. The minimum absolute atomic E-state index is 0.0817. The SMILES string of the molecule is CC/C=C\C/C=C\C/C=C\C/C=C\CCCCCCCCCCC(=O)OCC(COC(=O)CCCCCCC/C=C\C/C=C\CCCCC)OC(=O)CCCCCCCCCCCCCCCCCCCCC. The summed E-state index contributed by atoms with van der Waals surface area (Å²) in [6.07, 6.45) is 79.0. The average Bonchev–Trinajstić information content (AvgIpc) is 3.39. The summed E-state index contributed by atoms with van der Waals surface area (Å²) in [5.74, 6) is -0.887. The predicted molar refractivity (Wildman–Crippen MR) is 316 cm³/mol. The van der Waals surface area contributed by atoms with Crippen molar-refractivity contribution in [2.75, 3.05) is 13.2 Å². The molecule has 0 aliphatic heterocycles. The largest absolute Gasteiger partial charge is 0.462 e. The number of hydrogen-bond acceptors (Lipinski definition) is 6. The van der Waals surface area contributed by atoms with Crippen molar-refractivity contribution in [2.45, 2.75) is 322 Å². The van der Waals surface area contributed by atoms with Crippen molar-refractivity contribution in [3.63, 3.8) is 0 Å². The van der Waals surface area contributed by atoms with E-state index in [1.807, 2.05) is 0 Å². The van der Waals surface area contributed by atoms with Crippen molar-refractivity contribution in [1.82, 2.24) is 0 Å². The van der Waals surface area contributed by atoms with Crippen LogP contribution in [0.2, 0.25) is 0 Å². The van der Waals surface area contributed by atoms with Crippen LogP contribution in [0, 0.1) is 0 Å². The van der Waals surface area contributed by atoms with E-state index in [0.717, 1.165) is 109 Å². The van der Waals surface area contributed by atoms with Crippen LogP contribution in [0.3, 0.4) is 0 Å². The van der Waals surface area contributed by atoms with Crippen molar-refractivity contribution in [1.29, 1.82) is 0 Å². The molecule has 0 aromatic carbocycles. The zero-order valence-electron chi connectivity index (χ0n) is 48.4. The summed E-state index contributed by atoms with van der Waals surface area (Å²) in [6.45, 7) is 6.52. The first-order valence-corrected chi connectivity index (χ1v) is 31.4. The lowest BCUT2D eigenvalue weighted by atomic mass is 10.0. The first-order chi connectivity index (χ1) is 36.0. The summed E-state index contributed by atoms with van der Waals surface area (Å²) in [5.41, 5.74) is 0. The van der Waals surface area contributed by atoms with E-state index in [4.69, 9.17) is 14.2 Å². The summed E-state index contributed by atoms with van der Waals surface area (Å²) in [7, 11) is 0. The van der Waals surface area contributed by atoms with Crippen molar-refractivity contribution in [2.24, 2.45) is 0 Å². The molecule has 6 nitrogen and oxygen atoms in total. The third kappa shape index (κ3) is 59.6. The normalized spacial score (nSPS) is 12.5. The highest BCUT2D eigenvalue weighted by Crippen LogP contribution is 2.17. The van der Waals surface area contributed by atoms with E-state index in [0.29, 0.717) is 19.3 Å². The van der Waals surface area contributed by atoms with Crippen LogP contribution in [0.25, 0.3) is 0 Å². The summed E-state index contributed by atoms with van der Waals surface area (Å²) in [5, 5.41) is 0. The second-order valence-electron chi connectivity index (χ2n) is 20.9. The Labute approximate surface area is 453 Å². The number of rotatable bonds is 57. The number of carbonyl (C=O) groups is 3. The van der Waals surface area contributed by atoms with Crippen LogP contribution in [0.1, 0.15) is 316 Å². The molecule has 0 heterocycles. The standard InChI is InChI=1S/C67H118O6/c1-4-7-10-13-16-19-22-25-28-30-32-33-35-36-39-42-45-48-51-54-57-60-66(69)72-63-64(62-71-65(68)59-56-53-50-47-44-41-38-27-24-21-18-15-12-9-6-3)73-67(70)61-58-55-52-49-46-43-40-37-34-31-29-26-23-20-17-14-11-8-5-2/h7,10,16,18-19,21,25,27-28,32-33,38,64H,4-6,8-9,11-15,17,20,22-24,26,29-31,34-37,39-63H2,1-3H3/b10-7-,19-16-,21-18-,28-25-,33-32-,38-27-. The number of ether oxygens (including phenoxy) is 3. The topological polar surface area (TPSA) is 78.9 Å². The maximum atomic E-state index is 12.9. The summed E-state index contributed by atoms with van der Waals surface area (Å²) in [6, 6.07) is 0. The summed E-state index contributed by atoms with van der Waals surface area (Å²) < 4.78 is 16.9. The first kappa shape index (κ1) is 69.8. The fraction of sp³-hybridized carbons (Fsp3) is 0.776. The monoisotopic (exact) mass is 1020 g/mol. The van der Waals surface area contributed by atoms with Gasteiger partial charge in [0.05, 0.1) is 0 Å². The lowest BCUT2D eigenvalue weighted by Crippen LogP contribution is -2.30. The van der Waals surface area contributed by atoms with Crippen LogP contribution in [-0.4, -0.2) is 37.2 Å². The Kier molecular flexibility index (Phi) is 58.7. The van der Waals surface area contributed by atoms with Gasteiger partial charge in [-0.15, -0.1) is 0 Å². The van der Waals surface area contributed by atoms with E-state index < -0.39 is 6.10 Å². The van der Waals surface area contributed by atoms with Crippen molar-refractivity contribution < 1.29 is 28.6 Å². The molecular weight excluding hydrogens is 901 g/mol. The molecule has 0 saturated carbocycles. The maximum absolute atomic E-state index is 12.9. The molecule has 0 aromatic rings. The first-order valence-electron chi connectivity index (χ1n) is 31.4. The van der Waals surface area contributed by atoms with Gasteiger partial charge >= 0.3 is 17.9 Å². The van der Waals surface area contributed by atoms with Crippen LogP contribution in [0.15, 0.2) is 72.9 Å². The molecule has 422 valence electrons. The van der Waals surface area contributed by atoms with Gasteiger partial charge < -0.3 is 14.2 Å². The number of unbranched alkanes of at least 4 members (excludes halogenated alkanes) is 34. The molecule has 0 radical (unpaired) electrons. The third-order valence-electron chi connectivity index (χ3n) is 13.7. The Morgan fingerprint density at radius 2 is 0.534 bits per heavy atom. The number of allylic oxidation sites excluding steroid dienone is 12. The van der Waals surface area contributed by atoms with Crippen LogP contribution in [0.4, 0.5) is 0 Å². The van der Waals surface area contributed by atoms with Crippen LogP contribution < -0.4 is 0 Å². The fourth-order valence-electron chi connectivity index (χ4n) is 9.00. The molecule has 73 heavy (non-hydrogen) atoms. The molecule has 1 unspecified atom stereocenters. The minimum atomic E-state index is -0.784. The van der Waals surface area contributed by atoms with Crippen molar-refractivity contribution >= 4 is 17.9 Å². The molecule has 0 spiro atoms. The van der Waals surface area contributed by atoms with Crippen molar-refractivity contribution in [3.8, 4) is 0 Å². The molecule has 0 rings (SSSR count). The molecule has 0 fully saturated rings. The number of esters is 3. The van der Waals surface area contributed by atoms with E-state index >= 15 is 0 Å². The van der Waals surface area contributed by atoms with Gasteiger partial charge in [-0.2, -0.15) is 0 Å². The summed E-state index contributed by atoms with van der Waals surface area (Å²) >= 11 is 0. The van der Waals surface area contributed by atoms with Gasteiger partial charge in [0.2, 0.25) is 0 Å². The van der Waals surface area contributed by atoms with E-state index in [-0.39, 0.29) is 31.1 Å². The molecule has 0 saturated heterocycles. The van der Waals surface area contributed by atoms with E-state index in [9.17, 15) is 14.4 Å². The van der Waals surface area contributed by atoms with Gasteiger partial charge in [-0.1, -0.05) is 280 Å². The second kappa shape index (κ2) is 61.4. The van der Waals surface area contributed by atoms with Gasteiger partial charge in [0.1, 0.15) is 13.2 Å². The van der Waals surface area contributed by atoms with E-state index in [2.05, 4.69) is 93.7 Å². The lowest BCUT2D eigenvalue weighted by Gasteiger charge is -2.18. The lowest BCUT2D eigenvalue weighted by molar-refractivity contribution is -0.167. The Balaban J connectivity index is 4.37. The molecule has 0 aliphatic rings. The Morgan fingerprint density at radius 1 is 0.288 bits per heavy atom. The second-order valence-corrected chi connectivity index (χ2v) is 20.9. The third-order valence-corrected chi connectivity index (χ3v) is 13.7. The summed E-state index contributed by atoms with van der Waals surface area (Å²) in [4.78, 5) is 38.3. The molecule has 6 heteroatoms. The molecule has 1 atom stereocenters. The molecule has 0 N–H and O–H groups in total. The van der Waals surface area contributed by atoms with E-state index in [1.165, 1.54) is 167 Å². The highest BCUT2D eigenvalue weighted by Gasteiger charge is 2.19. The molecule has 0 bridgehead atoms. The predicted octanol–water partition coefficient (Wildman–Crippen LogP) is 21.3. The smallest absolute Gasteiger partial charge is 0.306 e. The van der Waals surface area contributed by atoms with Crippen molar-refractivity contribution in [3.05, 3.63) is 72.9 Å². The molecular formula is C67H118O6. The Morgan fingerprint density at radius 3 is 0.863 bits per heavy atom. The van der Waals surface area contributed by atoms with Gasteiger partial charge in [0.15, 0.2) is 6.10 Å². The van der Waals surface area contributed by atoms with Gasteiger partial charge in [0.25, 0.3) is 0 Å². The van der Waals surface area contributed by atoms with Crippen LogP contribution in [0.5, 0.6) is 0 Å². The Hall–Kier alpha value is -3.15. The number of carbonyl (C=O) groups excluding carboxylic acids is 3. The number of hydrogen-bond donors (Lipinski definition) is 0. The van der Waals surface area contributed by atoms with Gasteiger partial charge in [-0.3, -0.25) is 14.4 Å². The Bertz CT molecular complexity index is 1360.